The molecule has 3 rings (SSSR count). The standard InChI is InChI=1S/C12H14N4O2/c1-8-10-6-9(7-14-11(10)18-15-8)12(17)16-4-2-13-3-5-16/h6-7,13H,2-5H2,1H3. The Balaban J connectivity index is 1.93. The molecule has 3 heterocycles. The number of hydrogen-bond acceptors (Lipinski definition) is 5. The van der Waals surface area contributed by atoms with Gasteiger partial charge in [-0.1, -0.05) is 5.16 Å². The normalized spacial score (nSPS) is 16.2. The predicted molar refractivity (Wildman–Crippen MR) is 65.3 cm³/mol. The highest BCUT2D eigenvalue weighted by atomic mass is 16.5. The van der Waals surface area contributed by atoms with Crippen molar-refractivity contribution in [2.75, 3.05) is 26.2 Å². The summed E-state index contributed by atoms with van der Waals surface area (Å²) in [6.45, 7) is 4.99. The number of aromatic nitrogens is 2. The Hall–Kier alpha value is -1.95. The zero-order valence-electron chi connectivity index (χ0n) is 10.1. The van der Waals surface area contributed by atoms with E-state index in [-0.39, 0.29) is 5.91 Å². The topological polar surface area (TPSA) is 71.3 Å². The van der Waals surface area contributed by atoms with E-state index < -0.39 is 0 Å². The molecule has 1 aliphatic rings. The van der Waals surface area contributed by atoms with Gasteiger partial charge in [-0.15, -0.1) is 0 Å². The third kappa shape index (κ3) is 1.84. The largest absolute Gasteiger partial charge is 0.336 e. The second-order valence-electron chi connectivity index (χ2n) is 4.39. The lowest BCUT2D eigenvalue weighted by Crippen LogP contribution is -2.46. The van der Waals surface area contributed by atoms with Gasteiger partial charge in [-0.05, 0) is 13.0 Å². The molecule has 18 heavy (non-hydrogen) atoms. The van der Waals surface area contributed by atoms with Crippen LogP contribution in [-0.2, 0) is 0 Å². The van der Waals surface area contributed by atoms with Crippen LogP contribution in [0.1, 0.15) is 16.1 Å². The molecule has 6 heteroatoms. The van der Waals surface area contributed by atoms with Crippen molar-refractivity contribution in [1.29, 1.82) is 0 Å². The van der Waals surface area contributed by atoms with Gasteiger partial charge in [-0.2, -0.15) is 0 Å². The Labute approximate surface area is 104 Å². The second-order valence-corrected chi connectivity index (χ2v) is 4.39. The number of rotatable bonds is 1. The lowest BCUT2D eigenvalue weighted by atomic mass is 10.2. The first-order valence-electron chi connectivity index (χ1n) is 5.98. The molecule has 2 aromatic rings. The summed E-state index contributed by atoms with van der Waals surface area (Å²) in [6.07, 6.45) is 1.55. The molecule has 0 unspecified atom stereocenters. The summed E-state index contributed by atoms with van der Waals surface area (Å²) in [5.41, 5.74) is 1.83. The van der Waals surface area contributed by atoms with Crippen LogP contribution in [0, 0.1) is 6.92 Å². The minimum absolute atomic E-state index is 0.0199. The number of pyridine rings is 1. The summed E-state index contributed by atoms with van der Waals surface area (Å²) >= 11 is 0. The molecular weight excluding hydrogens is 232 g/mol. The van der Waals surface area contributed by atoms with Crippen LogP contribution < -0.4 is 5.32 Å². The third-order valence-corrected chi connectivity index (χ3v) is 3.16. The highest BCUT2D eigenvalue weighted by Gasteiger charge is 2.19. The Morgan fingerprint density at radius 3 is 3.00 bits per heavy atom. The van der Waals surface area contributed by atoms with Crippen molar-refractivity contribution < 1.29 is 9.32 Å². The van der Waals surface area contributed by atoms with E-state index in [2.05, 4.69) is 15.5 Å². The number of amides is 1. The average molecular weight is 246 g/mol. The molecule has 0 atom stereocenters. The van der Waals surface area contributed by atoms with E-state index >= 15 is 0 Å². The van der Waals surface area contributed by atoms with Crippen LogP contribution in [0.25, 0.3) is 11.1 Å². The first-order valence-corrected chi connectivity index (χ1v) is 5.98. The van der Waals surface area contributed by atoms with E-state index in [0.29, 0.717) is 11.3 Å². The quantitative estimate of drug-likeness (QED) is 0.796. The average Bonchev–Trinajstić information content (AvgIpc) is 2.80. The van der Waals surface area contributed by atoms with Gasteiger partial charge >= 0.3 is 0 Å². The van der Waals surface area contributed by atoms with Gasteiger partial charge in [-0.25, -0.2) is 4.98 Å². The van der Waals surface area contributed by atoms with Crippen molar-refractivity contribution >= 4 is 17.0 Å². The number of aryl methyl sites for hydroxylation is 1. The summed E-state index contributed by atoms with van der Waals surface area (Å²) < 4.78 is 5.03. The Kier molecular flexibility index (Phi) is 2.71. The smallest absolute Gasteiger partial charge is 0.257 e. The highest BCUT2D eigenvalue weighted by Crippen LogP contribution is 2.17. The number of hydrogen-bond donors (Lipinski definition) is 1. The molecule has 1 N–H and O–H groups in total. The first kappa shape index (κ1) is 11.2. The van der Waals surface area contributed by atoms with Gasteiger partial charge in [0, 0.05) is 32.4 Å². The number of fused-ring (bicyclic) bond motifs is 1. The molecule has 0 bridgehead atoms. The summed E-state index contributed by atoms with van der Waals surface area (Å²) in [6, 6.07) is 1.80. The number of nitrogens with one attached hydrogen (secondary N) is 1. The molecule has 2 aromatic heterocycles. The Morgan fingerprint density at radius 2 is 2.22 bits per heavy atom. The summed E-state index contributed by atoms with van der Waals surface area (Å²) in [5, 5.41) is 7.86. The fourth-order valence-electron chi connectivity index (χ4n) is 2.11. The predicted octanol–water partition coefficient (Wildman–Crippen LogP) is 0.577. The first-order chi connectivity index (χ1) is 8.75. The maximum absolute atomic E-state index is 12.3. The maximum atomic E-state index is 12.3. The van der Waals surface area contributed by atoms with Crippen molar-refractivity contribution in [3.63, 3.8) is 0 Å². The molecule has 1 amide bonds. The number of nitrogens with zero attached hydrogens (tertiary/aromatic N) is 3. The Morgan fingerprint density at radius 1 is 1.44 bits per heavy atom. The second kappa shape index (κ2) is 4.38. The molecule has 0 spiro atoms. The molecule has 1 fully saturated rings. The molecule has 0 aliphatic carbocycles. The van der Waals surface area contributed by atoms with Crippen LogP contribution in [-0.4, -0.2) is 47.1 Å². The maximum Gasteiger partial charge on any atom is 0.257 e. The molecule has 1 aliphatic heterocycles. The molecular formula is C12H14N4O2. The summed E-state index contributed by atoms with van der Waals surface area (Å²) in [4.78, 5) is 18.2. The van der Waals surface area contributed by atoms with Crippen LogP contribution in [0.3, 0.4) is 0 Å². The van der Waals surface area contributed by atoms with Gasteiger partial charge < -0.3 is 14.7 Å². The van der Waals surface area contributed by atoms with E-state index in [1.54, 1.807) is 12.3 Å². The van der Waals surface area contributed by atoms with Crippen molar-refractivity contribution in [2.24, 2.45) is 0 Å². The van der Waals surface area contributed by atoms with Crippen LogP contribution in [0.2, 0.25) is 0 Å². The Bertz CT molecular complexity index is 587. The van der Waals surface area contributed by atoms with E-state index in [1.807, 2.05) is 11.8 Å². The van der Waals surface area contributed by atoms with E-state index in [1.165, 1.54) is 0 Å². The van der Waals surface area contributed by atoms with Crippen molar-refractivity contribution in [2.45, 2.75) is 6.92 Å². The fourth-order valence-corrected chi connectivity index (χ4v) is 2.11. The lowest BCUT2D eigenvalue weighted by Gasteiger charge is -2.27. The number of carbonyl (C=O) groups excluding carboxylic acids is 1. The van der Waals surface area contributed by atoms with Gasteiger partial charge in [0.25, 0.3) is 11.6 Å². The number of piperazine rings is 1. The van der Waals surface area contributed by atoms with Crippen LogP contribution >= 0.6 is 0 Å². The van der Waals surface area contributed by atoms with E-state index in [4.69, 9.17) is 4.52 Å². The monoisotopic (exact) mass is 246 g/mol. The van der Waals surface area contributed by atoms with Crippen LogP contribution in [0.5, 0.6) is 0 Å². The van der Waals surface area contributed by atoms with Crippen molar-refractivity contribution in [3.8, 4) is 0 Å². The van der Waals surface area contributed by atoms with Crippen molar-refractivity contribution in [3.05, 3.63) is 23.5 Å². The minimum Gasteiger partial charge on any atom is -0.336 e. The number of carbonyl (C=O) groups is 1. The zero-order chi connectivity index (χ0) is 12.5. The molecule has 94 valence electrons. The summed E-state index contributed by atoms with van der Waals surface area (Å²) in [7, 11) is 0. The highest BCUT2D eigenvalue weighted by molar-refractivity contribution is 5.97. The van der Waals surface area contributed by atoms with Gasteiger partial charge in [0.1, 0.15) is 0 Å². The summed E-state index contributed by atoms with van der Waals surface area (Å²) in [5.74, 6) is 0.0199. The third-order valence-electron chi connectivity index (χ3n) is 3.16. The fraction of sp³-hybridized carbons (Fsp3) is 0.417. The minimum atomic E-state index is 0.0199. The van der Waals surface area contributed by atoms with Gasteiger partial charge in [0.15, 0.2) is 0 Å². The van der Waals surface area contributed by atoms with Gasteiger partial charge in [0.05, 0.1) is 16.6 Å². The molecule has 0 aromatic carbocycles. The van der Waals surface area contributed by atoms with Crippen LogP contribution in [0.4, 0.5) is 0 Å². The molecule has 6 nitrogen and oxygen atoms in total. The SMILES string of the molecule is Cc1noc2ncc(C(=O)N3CCNCC3)cc12. The van der Waals surface area contributed by atoms with Gasteiger partial charge in [0.2, 0.25) is 0 Å². The molecule has 0 radical (unpaired) electrons. The van der Waals surface area contributed by atoms with E-state index in [0.717, 1.165) is 37.3 Å². The molecule has 1 saturated heterocycles. The van der Waals surface area contributed by atoms with Crippen LogP contribution in [0.15, 0.2) is 16.8 Å². The van der Waals surface area contributed by atoms with Crippen molar-refractivity contribution in [1.82, 2.24) is 20.4 Å². The lowest BCUT2D eigenvalue weighted by molar-refractivity contribution is 0.0735. The van der Waals surface area contributed by atoms with Gasteiger partial charge in [-0.3, -0.25) is 4.79 Å². The molecule has 0 saturated carbocycles. The zero-order valence-corrected chi connectivity index (χ0v) is 10.1. The van der Waals surface area contributed by atoms with E-state index in [9.17, 15) is 4.79 Å².